The summed E-state index contributed by atoms with van der Waals surface area (Å²) in [6, 6.07) is 11.9. The molecule has 33 heavy (non-hydrogen) atoms. The maximum Gasteiger partial charge on any atom is 0.159 e. The van der Waals surface area contributed by atoms with Crippen molar-refractivity contribution >= 4 is 6.08 Å². The van der Waals surface area contributed by atoms with Crippen LogP contribution in [0, 0.1) is 5.82 Å². The summed E-state index contributed by atoms with van der Waals surface area (Å²) in [5.74, 6) is 0.416. The van der Waals surface area contributed by atoms with Gasteiger partial charge in [0.15, 0.2) is 5.82 Å². The molecule has 0 bridgehead atoms. The van der Waals surface area contributed by atoms with E-state index in [1.807, 2.05) is 12.1 Å². The van der Waals surface area contributed by atoms with E-state index in [1.165, 1.54) is 12.8 Å². The molecule has 0 saturated heterocycles. The van der Waals surface area contributed by atoms with Crippen molar-refractivity contribution in [3.63, 3.8) is 0 Å². The lowest BCUT2D eigenvalue weighted by atomic mass is 10.0. The molecule has 1 unspecified atom stereocenters. The Morgan fingerprint density at radius 2 is 1.76 bits per heavy atom. The lowest BCUT2D eigenvalue weighted by Gasteiger charge is -2.12. The van der Waals surface area contributed by atoms with Gasteiger partial charge in [0.05, 0.1) is 6.10 Å². The summed E-state index contributed by atoms with van der Waals surface area (Å²) in [6.07, 6.45) is 14.2. The molecular formula is C28H33FN2O2. The summed E-state index contributed by atoms with van der Waals surface area (Å²) in [7, 11) is 0. The molecule has 0 aliphatic rings. The molecule has 0 fully saturated rings. The molecule has 0 saturated carbocycles. The summed E-state index contributed by atoms with van der Waals surface area (Å²) < 4.78 is 20.5. The Morgan fingerprint density at radius 3 is 2.45 bits per heavy atom. The second kappa shape index (κ2) is 12.9. The van der Waals surface area contributed by atoms with Crippen LogP contribution in [0.2, 0.25) is 0 Å². The van der Waals surface area contributed by atoms with E-state index in [4.69, 9.17) is 4.74 Å². The zero-order valence-electron chi connectivity index (χ0n) is 19.5. The number of aromatic hydroxyl groups is 1. The Bertz CT molecular complexity index is 1020. The number of hydrogen-bond donors (Lipinski definition) is 1. The van der Waals surface area contributed by atoms with Crippen molar-refractivity contribution in [3.8, 4) is 28.3 Å². The van der Waals surface area contributed by atoms with Gasteiger partial charge in [0.2, 0.25) is 0 Å². The molecule has 0 radical (unpaired) electrons. The molecule has 1 atom stereocenters. The van der Waals surface area contributed by atoms with Gasteiger partial charge in [-0.15, -0.1) is 0 Å². The van der Waals surface area contributed by atoms with E-state index < -0.39 is 0 Å². The Labute approximate surface area is 196 Å². The van der Waals surface area contributed by atoms with Crippen molar-refractivity contribution in [2.45, 2.75) is 58.5 Å². The van der Waals surface area contributed by atoms with E-state index in [1.54, 1.807) is 48.8 Å². The lowest BCUT2D eigenvalue weighted by molar-refractivity contribution is 0.0566. The zero-order chi connectivity index (χ0) is 23.5. The van der Waals surface area contributed by atoms with Crippen molar-refractivity contribution in [3.05, 3.63) is 72.3 Å². The summed E-state index contributed by atoms with van der Waals surface area (Å²) in [5.41, 5.74) is 2.72. The molecule has 5 heteroatoms. The number of unbranched alkanes of at least 4 members (excludes halogenated alkanes) is 3. The third-order valence-corrected chi connectivity index (χ3v) is 5.52. The van der Waals surface area contributed by atoms with E-state index in [2.05, 4.69) is 29.9 Å². The van der Waals surface area contributed by atoms with Crippen LogP contribution in [0.15, 0.2) is 60.9 Å². The van der Waals surface area contributed by atoms with Crippen LogP contribution in [-0.4, -0.2) is 27.8 Å². The average molecular weight is 449 g/mol. The van der Waals surface area contributed by atoms with Gasteiger partial charge in [-0.25, -0.2) is 14.4 Å². The quantitative estimate of drug-likeness (QED) is 0.293. The summed E-state index contributed by atoms with van der Waals surface area (Å²) in [4.78, 5) is 8.69. The standard InChI is InChI=1S/C28H33FN2O2/c1-3-4-8-17-33-21(2)9-6-5-7-10-22-11-16-26(27(29)18-22)24-19-30-28(31-20-24)23-12-14-25(32)15-13-23/h7,10-16,18-21,32H,3-6,8-9,17H2,1-2H3. The Morgan fingerprint density at radius 1 is 1.00 bits per heavy atom. The molecule has 174 valence electrons. The fourth-order valence-electron chi connectivity index (χ4n) is 3.56. The number of hydrogen-bond acceptors (Lipinski definition) is 4. The van der Waals surface area contributed by atoms with Crippen molar-refractivity contribution in [2.75, 3.05) is 6.61 Å². The molecule has 0 aliphatic heterocycles. The van der Waals surface area contributed by atoms with E-state index in [9.17, 15) is 9.50 Å². The second-order valence-electron chi connectivity index (χ2n) is 8.30. The average Bonchev–Trinajstić information content (AvgIpc) is 2.82. The second-order valence-corrected chi connectivity index (χ2v) is 8.30. The largest absolute Gasteiger partial charge is 0.508 e. The Hall–Kier alpha value is -3.05. The molecular weight excluding hydrogens is 415 g/mol. The van der Waals surface area contributed by atoms with Crippen LogP contribution in [0.5, 0.6) is 5.75 Å². The smallest absolute Gasteiger partial charge is 0.159 e. The first-order valence-corrected chi connectivity index (χ1v) is 11.8. The third kappa shape index (κ3) is 7.79. The minimum Gasteiger partial charge on any atom is -0.508 e. The van der Waals surface area contributed by atoms with Gasteiger partial charge in [-0.1, -0.05) is 44.1 Å². The highest BCUT2D eigenvalue weighted by Gasteiger charge is 2.08. The highest BCUT2D eigenvalue weighted by atomic mass is 19.1. The predicted molar refractivity (Wildman–Crippen MR) is 132 cm³/mol. The number of benzene rings is 2. The number of phenolic OH excluding ortho intramolecular Hbond substituents is 1. The fraction of sp³-hybridized carbons (Fsp3) is 0.357. The zero-order valence-corrected chi connectivity index (χ0v) is 19.5. The van der Waals surface area contributed by atoms with Crippen LogP contribution in [0.25, 0.3) is 28.6 Å². The van der Waals surface area contributed by atoms with Crippen LogP contribution in [0.3, 0.4) is 0 Å². The number of halogens is 1. The monoisotopic (exact) mass is 448 g/mol. The van der Waals surface area contributed by atoms with Crippen LogP contribution in [-0.2, 0) is 4.74 Å². The van der Waals surface area contributed by atoms with E-state index in [0.29, 0.717) is 17.0 Å². The van der Waals surface area contributed by atoms with Gasteiger partial charge >= 0.3 is 0 Å². The van der Waals surface area contributed by atoms with Gasteiger partial charge in [0, 0.05) is 35.7 Å². The maximum absolute atomic E-state index is 14.7. The number of ether oxygens (including phenoxy) is 1. The molecule has 1 aromatic heterocycles. The molecule has 3 aromatic rings. The minimum absolute atomic E-state index is 0.188. The topological polar surface area (TPSA) is 55.2 Å². The predicted octanol–water partition coefficient (Wildman–Crippen LogP) is 7.43. The molecule has 2 aromatic carbocycles. The number of nitrogens with zero attached hydrogens (tertiary/aromatic N) is 2. The van der Waals surface area contributed by atoms with Gasteiger partial charge in [-0.05, 0) is 68.5 Å². The van der Waals surface area contributed by atoms with Crippen LogP contribution >= 0.6 is 0 Å². The van der Waals surface area contributed by atoms with E-state index in [0.717, 1.165) is 43.4 Å². The highest BCUT2D eigenvalue weighted by molar-refractivity contribution is 5.66. The fourth-order valence-corrected chi connectivity index (χ4v) is 3.56. The van der Waals surface area contributed by atoms with E-state index in [-0.39, 0.29) is 17.7 Å². The molecule has 1 heterocycles. The molecule has 4 nitrogen and oxygen atoms in total. The number of phenols is 1. The summed E-state index contributed by atoms with van der Waals surface area (Å²) in [6.45, 7) is 5.17. The van der Waals surface area contributed by atoms with Gasteiger partial charge in [-0.3, -0.25) is 0 Å². The van der Waals surface area contributed by atoms with Gasteiger partial charge in [-0.2, -0.15) is 0 Å². The summed E-state index contributed by atoms with van der Waals surface area (Å²) in [5, 5.41) is 9.40. The number of rotatable bonds is 12. The SMILES string of the molecule is CCCCCOC(C)CCCC=Cc1ccc(-c2cnc(-c3ccc(O)cc3)nc2)c(F)c1. The molecule has 0 amide bonds. The van der Waals surface area contributed by atoms with Crippen molar-refractivity contribution in [2.24, 2.45) is 0 Å². The van der Waals surface area contributed by atoms with Gasteiger partial charge in [0.25, 0.3) is 0 Å². The van der Waals surface area contributed by atoms with Crippen LogP contribution in [0.1, 0.15) is 57.9 Å². The minimum atomic E-state index is -0.299. The first kappa shape index (κ1) is 24.6. The molecule has 1 N–H and O–H groups in total. The summed E-state index contributed by atoms with van der Waals surface area (Å²) >= 11 is 0. The Kier molecular flexibility index (Phi) is 9.58. The van der Waals surface area contributed by atoms with Crippen LogP contribution < -0.4 is 0 Å². The Balaban J connectivity index is 1.51. The normalized spacial score (nSPS) is 12.3. The maximum atomic E-state index is 14.7. The van der Waals surface area contributed by atoms with Crippen molar-refractivity contribution < 1.29 is 14.2 Å². The number of aromatic nitrogens is 2. The van der Waals surface area contributed by atoms with Crippen molar-refractivity contribution in [1.29, 1.82) is 0 Å². The van der Waals surface area contributed by atoms with Gasteiger partial charge in [0.1, 0.15) is 11.6 Å². The lowest BCUT2D eigenvalue weighted by Crippen LogP contribution is -2.08. The van der Waals surface area contributed by atoms with Crippen LogP contribution in [0.4, 0.5) is 4.39 Å². The third-order valence-electron chi connectivity index (χ3n) is 5.52. The molecule has 0 spiro atoms. The number of allylic oxidation sites excluding steroid dienone is 1. The highest BCUT2D eigenvalue weighted by Crippen LogP contribution is 2.25. The van der Waals surface area contributed by atoms with Gasteiger partial charge < -0.3 is 9.84 Å². The molecule has 3 rings (SSSR count). The molecule has 0 aliphatic carbocycles. The first-order chi connectivity index (χ1) is 16.1. The first-order valence-electron chi connectivity index (χ1n) is 11.8. The van der Waals surface area contributed by atoms with E-state index >= 15 is 0 Å². The van der Waals surface area contributed by atoms with Crippen molar-refractivity contribution in [1.82, 2.24) is 9.97 Å².